The third-order valence-electron chi connectivity index (χ3n) is 4.58. The molecule has 2 aromatic carbocycles. The van der Waals surface area contributed by atoms with Crippen LogP contribution in [0.2, 0.25) is 0 Å². The van der Waals surface area contributed by atoms with Gasteiger partial charge in [-0.2, -0.15) is 5.10 Å². The third-order valence-corrected chi connectivity index (χ3v) is 4.58. The minimum absolute atomic E-state index is 0.137. The number of aryl methyl sites for hydroxylation is 1. The average molecular weight is 376 g/mol. The molecule has 1 aromatic heterocycles. The van der Waals surface area contributed by atoms with Crippen LogP contribution in [-0.2, 0) is 0 Å². The van der Waals surface area contributed by atoms with Crippen LogP contribution in [0.4, 0.5) is 11.4 Å². The van der Waals surface area contributed by atoms with E-state index >= 15 is 0 Å². The molecule has 0 radical (unpaired) electrons. The lowest BCUT2D eigenvalue weighted by Crippen LogP contribution is -2.27. The number of hydrogen-bond acceptors (Lipinski definition) is 4. The van der Waals surface area contributed by atoms with Gasteiger partial charge in [0, 0.05) is 36.2 Å². The second kappa shape index (κ2) is 8.52. The van der Waals surface area contributed by atoms with Gasteiger partial charge in [0.25, 0.3) is 5.91 Å². The lowest BCUT2D eigenvalue weighted by atomic mass is 10.2. The first-order chi connectivity index (χ1) is 13.5. The maximum Gasteiger partial charge on any atom is 0.280 e. The fourth-order valence-electron chi connectivity index (χ4n) is 3.07. The van der Waals surface area contributed by atoms with Gasteiger partial charge in [0.15, 0.2) is 5.69 Å². The highest BCUT2D eigenvalue weighted by molar-refractivity contribution is 6.02. The number of carbonyl (C=O) groups is 1. The predicted molar refractivity (Wildman–Crippen MR) is 113 cm³/mol. The van der Waals surface area contributed by atoms with Crippen LogP contribution >= 0.6 is 0 Å². The SMILES string of the molecule is CCN(CC)c1ccc(NC(=O)c2nn(-c3ccccc3)c(C)cc2=O)cc1. The normalized spacial score (nSPS) is 10.5. The van der Waals surface area contributed by atoms with Crippen molar-refractivity contribution in [2.24, 2.45) is 0 Å². The molecule has 0 unspecified atom stereocenters. The van der Waals surface area contributed by atoms with Crippen LogP contribution < -0.4 is 15.6 Å². The van der Waals surface area contributed by atoms with E-state index in [0.717, 1.165) is 24.5 Å². The first-order valence-corrected chi connectivity index (χ1v) is 9.36. The first-order valence-electron chi connectivity index (χ1n) is 9.36. The van der Waals surface area contributed by atoms with Gasteiger partial charge in [-0.15, -0.1) is 0 Å². The molecule has 3 aromatic rings. The van der Waals surface area contributed by atoms with Gasteiger partial charge in [0.1, 0.15) is 0 Å². The summed E-state index contributed by atoms with van der Waals surface area (Å²) in [4.78, 5) is 27.2. The number of rotatable bonds is 6. The molecule has 6 nitrogen and oxygen atoms in total. The summed E-state index contributed by atoms with van der Waals surface area (Å²) in [6.45, 7) is 7.80. The van der Waals surface area contributed by atoms with Gasteiger partial charge in [-0.05, 0) is 57.2 Å². The summed E-state index contributed by atoms with van der Waals surface area (Å²) in [5.74, 6) is -0.523. The molecule has 0 fully saturated rings. The maximum absolute atomic E-state index is 12.7. The van der Waals surface area contributed by atoms with Crippen molar-refractivity contribution < 1.29 is 4.79 Å². The van der Waals surface area contributed by atoms with Crippen LogP contribution in [0.15, 0.2) is 65.5 Å². The molecule has 144 valence electrons. The molecule has 28 heavy (non-hydrogen) atoms. The smallest absolute Gasteiger partial charge is 0.280 e. The van der Waals surface area contributed by atoms with Crippen LogP contribution in [0.3, 0.4) is 0 Å². The molecule has 0 aliphatic carbocycles. The molecule has 0 saturated heterocycles. The van der Waals surface area contributed by atoms with Crippen molar-refractivity contribution >= 4 is 17.3 Å². The predicted octanol–water partition coefficient (Wildman–Crippen LogP) is 3.64. The Kier molecular flexibility index (Phi) is 5.89. The Labute approximate surface area is 164 Å². The molecule has 1 amide bonds. The Bertz CT molecular complexity index is 1010. The van der Waals surface area contributed by atoms with Gasteiger partial charge in [-0.3, -0.25) is 9.59 Å². The molecule has 6 heteroatoms. The van der Waals surface area contributed by atoms with Crippen molar-refractivity contribution in [1.82, 2.24) is 9.78 Å². The highest BCUT2D eigenvalue weighted by Gasteiger charge is 2.15. The molecular formula is C22H24N4O2. The zero-order valence-corrected chi connectivity index (χ0v) is 16.3. The zero-order valence-electron chi connectivity index (χ0n) is 16.3. The van der Waals surface area contributed by atoms with E-state index in [1.165, 1.54) is 6.07 Å². The van der Waals surface area contributed by atoms with E-state index in [2.05, 4.69) is 29.2 Å². The number of anilines is 2. The van der Waals surface area contributed by atoms with Crippen molar-refractivity contribution in [2.45, 2.75) is 20.8 Å². The molecule has 1 heterocycles. The number of carbonyl (C=O) groups excluding carboxylic acids is 1. The molecule has 0 bridgehead atoms. The van der Waals surface area contributed by atoms with E-state index in [-0.39, 0.29) is 5.69 Å². The number of hydrogen-bond donors (Lipinski definition) is 1. The van der Waals surface area contributed by atoms with E-state index in [1.807, 2.05) is 54.6 Å². The molecule has 0 atom stereocenters. The van der Waals surface area contributed by atoms with E-state index in [9.17, 15) is 9.59 Å². The fourth-order valence-corrected chi connectivity index (χ4v) is 3.07. The number of para-hydroxylation sites is 1. The fraction of sp³-hybridized carbons (Fsp3) is 0.227. The van der Waals surface area contributed by atoms with E-state index in [4.69, 9.17) is 0 Å². The Balaban J connectivity index is 1.86. The standard InChI is InChI=1S/C22H24N4O2/c1-4-25(5-2)18-13-11-17(12-14-18)23-22(28)21-20(27)15-16(3)26(24-21)19-9-7-6-8-10-19/h6-15H,4-5H2,1-3H3,(H,23,28). The topological polar surface area (TPSA) is 67.2 Å². The van der Waals surface area contributed by atoms with Crippen LogP contribution in [0.25, 0.3) is 5.69 Å². The minimum atomic E-state index is -0.523. The van der Waals surface area contributed by atoms with Crippen molar-refractivity contribution in [3.8, 4) is 5.69 Å². The zero-order chi connectivity index (χ0) is 20.1. The molecule has 0 spiro atoms. The molecule has 3 rings (SSSR count). The maximum atomic E-state index is 12.7. The first kappa shape index (κ1) is 19.4. The highest BCUT2D eigenvalue weighted by Crippen LogP contribution is 2.18. The monoisotopic (exact) mass is 376 g/mol. The summed E-state index contributed by atoms with van der Waals surface area (Å²) in [5, 5.41) is 7.06. The lowest BCUT2D eigenvalue weighted by Gasteiger charge is -2.21. The average Bonchev–Trinajstić information content (AvgIpc) is 2.71. The van der Waals surface area contributed by atoms with Crippen molar-refractivity contribution in [2.75, 3.05) is 23.3 Å². The second-order valence-corrected chi connectivity index (χ2v) is 6.42. The van der Waals surface area contributed by atoms with Crippen LogP contribution in [0, 0.1) is 6.92 Å². The van der Waals surface area contributed by atoms with E-state index < -0.39 is 11.3 Å². The van der Waals surface area contributed by atoms with Gasteiger partial charge < -0.3 is 10.2 Å². The van der Waals surface area contributed by atoms with Crippen LogP contribution in [0.5, 0.6) is 0 Å². The van der Waals surface area contributed by atoms with Crippen LogP contribution in [-0.4, -0.2) is 28.8 Å². The summed E-state index contributed by atoms with van der Waals surface area (Å²) >= 11 is 0. The number of aromatic nitrogens is 2. The summed E-state index contributed by atoms with van der Waals surface area (Å²) in [7, 11) is 0. The van der Waals surface area contributed by atoms with Crippen molar-refractivity contribution in [3.63, 3.8) is 0 Å². The van der Waals surface area contributed by atoms with Crippen molar-refractivity contribution in [3.05, 3.63) is 82.3 Å². The summed E-state index contributed by atoms with van der Waals surface area (Å²) in [5.41, 5.74) is 2.62. The third kappa shape index (κ3) is 4.11. The highest BCUT2D eigenvalue weighted by atomic mass is 16.2. The molecule has 1 N–H and O–H groups in total. The van der Waals surface area contributed by atoms with Crippen molar-refractivity contribution in [1.29, 1.82) is 0 Å². The second-order valence-electron chi connectivity index (χ2n) is 6.42. The number of benzene rings is 2. The number of amides is 1. The largest absolute Gasteiger partial charge is 0.372 e. The van der Waals surface area contributed by atoms with E-state index in [0.29, 0.717) is 11.4 Å². The lowest BCUT2D eigenvalue weighted by molar-refractivity contribution is 0.101. The molecule has 0 aliphatic heterocycles. The number of nitrogens with one attached hydrogen (secondary N) is 1. The Morgan fingerprint density at radius 2 is 1.68 bits per heavy atom. The quantitative estimate of drug-likeness (QED) is 0.713. The van der Waals surface area contributed by atoms with Gasteiger partial charge in [-0.25, -0.2) is 4.68 Å². The molecule has 0 saturated carbocycles. The Hall–Kier alpha value is -3.41. The van der Waals surface area contributed by atoms with Gasteiger partial charge >= 0.3 is 0 Å². The Morgan fingerprint density at radius 1 is 1.04 bits per heavy atom. The number of nitrogens with zero attached hydrogens (tertiary/aromatic N) is 3. The summed E-state index contributed by atoms with van der Waals surface area (Å²) in [6.07, 6.45) is 0. The summed E-state index contributed by atoms with van der Waals surface area (Å²) in [6, 6.07) is 18.4. The van der Waals surface area contributed by atoms with E-state index in [1.54, 1.807) is 11.6 Å². The van der Waals surface area contributed by atoms with Crippen LogP contribution in [0.1, 0.15) is 30.0 Å². The summed E-state index contributed by atoms with van der Waals surface area (Å²) < 4.78 is 1.60. The van der Waals surface area contributed by atoms with Gasteiger partial charge in [-0.1, -0.05) is 18.2 Å². The molecular weight excluding hydrogens is 352 g/mol. The van der Waals surface area contributed by atoms with Gasteiger partial charge in [0.2, 0.25) is 5.43 Å². The van der Waals surface area contributed by atoms with Gasteiger partial charge in [0.05, 0.1) is 5.69 Å². The Morgan fingerprint density at radius 3 is 2.29 bits per heavy atom. The molecule has 0 aliphatic rings. The minimum Gasteiger partial charge on any atom is -0.372 e.